The maximum absolute atomic E-state index is 12.9. The number of nitrogens with zero attached hydrogens (tertiary/aromatic N) is 3. The predicted octanol–water partition coefficient (Wildman–Crippen LogP) is 3.92. The van der Waals surface area contributed by atoms with Gasteiger partial charge in [0.1, 0.15) is 6.54 Å². The zero-order chi connectivity index (χ0) is 19.1. The zero-order valence-electron chi connectivity index (χ0n) is 14.5. The number of anilines is 1. The minimum atomic E-state index is -0.423. The number of hydrogen-bond acceptors (Lipinski definition) is 5. The number of carbonyl (C=O) groups is 1. The van der Waals surface area contributed by atoms with Crippen molar-refractivity contribution in [3.8, 4) is 0 Å². The maximum atomic E-state index is 12.9. The van der Waals surface area contributed by atoms with Crippen molar-refractivity contribution < 1.29 is 4.79 Å². The number of rotatable bonds is 3. The molecule has 2 aromatic heterocycles. The van der Waals surface area contributed by atoms with Gasteiger partial charge in [-0.1, -0.05) is 35.3 Å². The average molecular weight is 423 g/mol. The van der Waals surface area contributed by atoms with E-state index in [1.165, 1.54) is 16.2 Å². The van der Waals surface area contributed by atoms with Crippen LogP contribution < -0.4 is 10.9 Å². The Hall–Kier alpha value is -1.96. The number of amides is 1. The summed E-state index contributed by atoms with van der Waals surface area (Å²) in [5.74, 6) is 0.182. The summed E-state index contributed by atoms with van der Waals surface area (Å²) in [6.45, 7) is 1.97. The lowest BCUT2D eigenvalue weighted by molar-refractivity contribution is -0.117. The van der Waals surface area contributed by atoms with Gasteiger partial charge in [0, 0.05) is 9.90 Å². The molecule has 0 bridgehead atoms. The first-order valence-corrected chi connectivity index (χ1v) is 10.1. The molecule has 1 aromatic carbocycles. The molecule has 1 aliphatic carbocycles. The first kappa shape index (κ1) is 18.4. The highest BCUT2D eigenvalue weighted by Crippen LogP contribution is 2.35. The van der Waals surface area contributed by atoms with Crippen molar-refractivity contribution in [1.82, 2.24) is 15.0 Å². The number of aromatic nitrogens is 3. The molecule has 6 nitrogen and oxygen atoms in total. The van der Waals surface area contributed by atoms with Gasteiger partial charge in [-0.25, -0.2) is 4.68 Å². The van der Waals surface area contributed by atoms with Gasteiger partial charge in [-0.05, 0) is 48.9 Å². The molecule has 0 saturated heterocycles. The number of hydrogen-bond donors (Lipinski definition) is 1. The molecule has 9 heteroatoms. The van der Waals surface area contributed by atoms with Crippen molar-refractivity contribution in [3.05, 3.63) is 49.0 Å². The molecule has 0 saturated carbocycles. The Bertz CT molecular complexity index is 1110. The molecular weight excluding hydrogens is 407 g/mol. The van der Waals surface area contributed by atoms with E-state index < -0.39 is 5.91 Å². The monoisotopic (exact) mass is 422 g/mol. The summed E-state index contributed by atoms with van der Waals surface area (Å²) in [5, 5.41) is 12.2. The molecule has 0 spiro atoms. The third kappa shape index (κ3) is 3.59. The Labute approximate surface area is 169 Å². The van der Waals surface area contributed by atoms with E-state index in [1.54, 1.807) is 18.2 Å². The molecule has 140 valence electrons. The van der Waals surface area contributed by atoms with Crippen LogP contribution in [0.15, 0.2) is 23.0 Å². The summed E-state index contributed by atoms with van der Waals surface area (Å²) in [6, 6.07) is 4.77. The lowest BCUT2D eigenvalue weighted by Gasteiger charge is -2.17. The zero-order valence-corrected chi connectivity index (χ0v) is 16.8. The van der Waals surface area contributed by atoms with E-state index in [-0.39, 0.29) is 12.1 Å². The van der Waals surface area contributed by atoms with Crippen LogP contribution in [0.25, 0.3) is 10.2 Å². The van der Waals surface area contributed by atoms with Crippen LogP contribution >= 0.6 is 34.5 Å². The Balaban J connectivity index is 1.62. The predicted molar refractivity (Wildman–Crippen MR) is 108 cm³/mol. The summed E-state index contributed by atoms with van der Waals surface area (Å²) < 4.78 is 1.10. The van der Waals surface area contributed by atoms with Gasteiger partial charge in [0.25, 0.3) is 5.56 Å². The van der Waals surface area contributed by atoms with E-state index in [0.29, 0.717) is 31.9 Å². The van der Waals surface area contributed by atoms with Crippen molar-refractivity contribution in [3.63, 3.8) is 0 Å². The highest BCUT2D eigenvalue weighted by molar-refractivity contribution is 7.18. The fraction of sp³-hybridized carbons (Fsp3) is 0.333. The van der Waals surface area contributed by atoms with Gasteiger partial charge in [0.15, 0.2) is 4.83 Å². The fourth-order valence-electron chi connectivity index (χ4n) is 3.31. The second-order valence-corrected chi connectivity index (χ2v) is 8.68. The van der Waals surface area contributed by atoms with Crippen LogP contribution in [0, 0.1) is 5.92 Å². The van der Waals surface area contributed by atoms with Crippen LogP contribution in [0.1, 0.15) is 23.8 Å². The molecule has 4 rings (SSSR count). The third-order valence-electron chi connectivity index (χ3n) is 4.68. The van der Waals surface area contributed by atoms with Gasteiger partial charge >= 0.3 is 0 Å². The standard InChI is InChI=1S/C18H16Cl2N4O2S/c1-9-2-4-11-14(6-9)27-17-16(11)18(26)24(23-22-17)8-15(25)21-13-7-10(19)3-5-12(13)20/h3,5,7,9H,2,4,6,8H2,1H3,(H,21,25)/t9-/m1/s1. The second-order valence-electron chi connectivity index (χ2n) is 6.76. The minimum absolute atomic E-state index is 0.244. The number of benzene rings is 1. The van der Waals surface area contributed by atoms with E-state index in [4.69, 9.17) is 23.2 Å². The number of halogens is 2. The molecule has 1 N–H and O–H groups in total. The van der Waals surface area contributed by atoms with E-state index >= 15 is 0 Å². The molecule has 0 radical (unpaired) electrons. The van der Waals surface area contributed by atoms with Crippen LogP contribution in [0.5, 0.6) is 0 Å². The van der Waals surface area contributed by atoms with Crippen LogP contribution in [0.4, 0.5) is 5.69 Å². The number of fused-ring (bicyclic) bond motifs is 3. The molecule has 1 aliphatic rings. The highest BCUT2D eigenvalue weighted by Gasteiger charge is 2.24. The Morgan fingerprint density at radius 2 is 2.22 bits per heavy atom. The van der Waals surface area contributed by atoms with Crippen molar-refractivity contribution in [2.24, 2.45) is 5.92 Å². The molecule has 1 atom stereocenters. The van der Waals surface area contributed by atoms with E-state index in [9.17, 15) is 9.59 Å². The van der Waals surface area contributed by atoms with Gasteiger partial charge in [-0.3, -0.25) is 9.59 Å². The van der Waals surface area contributed by atoms with Crippen molar-refractivity contribution >= 4 is 56.3 Å². The van der Waals surface area contributed by atoms with Crippen LogP contribution in [-0.2, 0) is 24.2 Å². The van der Waals surface area contributed by atoms with Gasteiger partial charge in [-0.15, -0.1) is 16.4 Å². The maximum Gasteiger partial charge on any atom is 0.279 e. The van der Waals surface area contributed by atoms with Gasteiger partial charge in [-0.2, -0.15) is 0 Å². The molecular formula is C18H16Cl2N4O2S. The number of aryl methyl sites for hydroxylation is 1. The Morgan fingerprint density at radius 1 is 1.41 bits per heavy atom. The van der Waals surface area contributed by atoms with Crippen LogP contribution in [0.3, 0.4) is 0 Å². The van der Waals surface area contributed by atoms with Crippen LogP contribution in [0.2, 0.25) is 10.0 Å². The van der Waals surface area contributed by atoms with Crippen molar-refractivity contribution in [2.75, 3.05) is 5.32 Å². The first-order valence-electron chi connectivity index (χ1n) is 8.55. The minimum Gasteiger partial charge on any atom is -0.323 e. The second kappa shape index (κ2) is 7.22. The topological polar surface area (TPSA) is 76.9 Å². The van der Waals surface area contributed by atoms with E-state index in [1.807, 2.05) is 0 Å². The quantitative estimate of drug-likeness (QED) is 0.693. The van der Waals surface area contributed by atoms with Gasteiger partial charge in [0.05, 0.1) is 16.1 Å². The summed E-state index contributed by atoms with van der Waals surface area (Å²) in [4.78, 5) is 27.1. The summed E-state index contributed by atoms with van der Waals surface area (Å²) in [7, 11) is 0. The lowest BCUT2D eigenvalue weighted by atomic mass is 9.89. The van der Waals surface area contributed by atoms with Crippen molar-refractivity contribution in [2.45, 2.75) is 32.7 Å². The molecule has 27 heavy (non-hydrogen) atoms. The van der Waals surface area contributed by atoms with Gasteiger partial charge < -0.3 is 5.32 Å². The fourth-order valence-corrected chi connectivity index (χ4v) is 4.97. The number of nitrogens with one attached hydrogen (secondary N) is 1. The van der Waals surface area contributed by atoms with E-state index in [0.717, 1.165) is 29.5 Å². The van der Waals surface area contributed by atoms with Gasteiger partial charge in [0.2, 0.25) is 5.91 Å². The highest BCUT2D eigenvalue weighted by atomic mass is 35.5. The number of carbonyl (C=O) groups excluding carboxylic acids is 1. The number of thiophene rings is 1. The average Bonchev–Trinajstić information content (AvgIpc) is 2.98. The Morgan fingerprint density at radius 3 is 3.04 bits per heavy atom. The molecule has 0 fully saturated rings. The lowest BCUT2D eigenvalue weighted by Crippen LogP contribution is -2.30. The summed E-state index contributed by atoms with van der Waals surface area (Å²) >= 11 is 13.5. The molecule has 0 unspecified atom stereocenters. The molecule has 3 aromatic rings. The summed E-state index contributed by atoms with van der Waals surface area (Å²) in [6.07, 6.45) is 2.87. The smallest absolute Gasteiger partial charge is 0.279 e. The van der Waals surface area contributed by atoms with Crippen LogP contribution in [-0.4, -0.2) is 20.9 Å². The normalized spacial score (nSPS) is 16.3. The molecule has 0 aliphatic heterocycles. The summed E-state index contributed by atoms with van der Waals surface area (Å²) in [5.41, 5.74) is 1.18. The van der Waals surface area contributed by atoms with E-state index in [2.05, 4.69) is 22.6 Å². The first-order chi connectivity index (χ1) is 12.9. The molecule has 1 amide bonds. The Kier molecular flexibility index (Phi) is 4.92. The van der Waals surface area contributed by atoms with Crippen molar-refractivity contribution in [1.29, 1.82) is 0 Å². The molecule has 2 heterocycles. The largest absolute Gasteiger partial charge is 0.323 e. The SMILES string of the molecule is C[C@@H]1CCc2c(sc3nnn(CC(=O)Nc4cc(Cl)ccc4Cl)c(=O)c23)C1. The third-order valence-corrected chi connectivity index (χ3v) is 6.38.